The molecule has 0 spiro atoms. The first-order chi connectivity index (χ1) is 6.07. The van der Waals surface area contributed by atoms with Crippen LogP contribution >= 0.6 is 0 Å². The Hall–Kier alpha value is -1.42. The van der Waals surface area contributed by atoms with Crippen LogP contribution in [0.25, 0.3) is 0 Å². The van der Waals surface area contributed by atoms with E-state index in [9.17, 15) is 0 Å². The fraction of sp³-hybridized carbons (Fsp3) is 0.333. The first-order valence-corrected chi connectivity index (χ1v) is 3.88. The molecule has 4 heteroatoms. The van der Waals surface area contributed by atoms with Crippen molar-refractivity contribution < 1.29 is 9.90 Å². The van der Waals surface area contributed by atoms with Gasteiger partial charge in [0.25, 0.3) is 5.97 Å². The summed E-state index contributed by atoms with van der Waals surface area (Å²) in [7, 11) is 0. The lowest BCUT2D eigenvalue weighted by molar-refractivity contribution is -0.134. The molecule has 0 saturated heterocycles. The van der Waals surface area contributed by atoms with E-state index in [0.29, 0.717) is 6.54 Å². The third kappa shape index (κ3) is 5.81. The van der Waals surface area contributed by atoms with Crippen molar-refractivity contribution in [1.82, 2.24) is 4.98 Å². The first kappa shape index (κ1) is 11.6. The Morgan fingerprint density at radius 3 is 2.54 bits per heavy atom. The van der Waals surface area contributed by atoms with Crippen LogP contribution in [0.5, 0.6) is 0 Å². The van der Waals surface area contributed by atoms with Gasteiger partial charge in [-0.25, -0.2) is 0 Å². The Labute approximate surface area is 77.4 Å². The summed E-state index contributed by atoms with van der Waals surface area (Å²) in [6.45, 7) is 3.63. The Morgan fingerprint density at radius 1 is 1.69 bits per heavy atom. The molecule has 0 bridgehead atoms. The molecule has 0 radical (unpaired) electrons. The molecule has 1 aromatic rings. The summed E-state index contributed by atoms with van der Waals surface area (Å²) in [6, 6.07) is 3.92. The van der Waals surface area contributed by atoms with Gasteiger partial charge in [-0.3, -0.25) is 9.78 Å². The summed E-state index contributed by atoms with van der Waals surface area (Å²) < 4.78 is 0. The number of carbonyl (C=O) groups is 1. The monoisotopic (exact) mass is 182 g/mol. The van der Waals surface area contributed by atoms with Gasteiger partial charge in [0.15, 0.2) is 0 Å². The van der Waals surface area contributed by atoms with E-state index >= 15 is 0 Å². The Kier molecular flexibility index (Phi) is 5.47. The van der Waals surface area contributed by atoms with Gasteiger partial charge in [-0.1, -0.05) is 6.07 Å². The molecule has 0 aliphatic rings. The molecule has 0 fully saturated rings. The molecule has 1 heterocycles. The van der Waals surface area contributed by atoms with Crippen LogP contribution in [-0.2, 0) is 11.3 Å². The van der Waals surface area contributed by atoms with Crippen molar-refractivity contribution in [2.75, 3.05) is 0 Å². The highest BCUT2D eigenvalue weighted by molar-refractivity contribution is 5.62. The normalized spacial score (nSPS) is 8.54. The number of nitrogens with two attached hydrogens (primary N) is 1. The summed E-state index contributed by atoms with van der Waals surface area (Å²) >= 11 is 0. The number of aliphatic carboxylic acids is 1. The van der Waals surface area contributed by atoms with E-state index in [2.05, 4.69) is 4.98 Å². The molecule has 0 atom stereocenters. The predicted octanol–water partition coefficient (Wildman–Crippen LogP) is 0.940. The summed E-state index contributed by atoms with van der Waals surface area (Å²) in [5.41, 5.74) is 7.54. The van der Waals surface area contributed by atoms with Crippen LogP contribution < -0.4 is 5.73 Å². The van der Waals surface area contributed by atoms with Gasteiger partial charge in [-0.05, 0) is 18.6 Å². The van der Waals surface area contributed by atoms with Gasteiger partial charge in [-0.15, -0.1) is 0 Å². The van der Waals surface area contributed by atoms with Crippen molar-refractivity contribution in [3.05, 3.63) is 29.6 Å². The van der Waals surface area contributed by atoms with Crippen LogP contribution in [-0.4, -0.2) is 16.1 Å². The van der Waals surface area contributed by atoms with Gasteiger partial charge in [0.05, 0.1) is 5.69 Å². The van der Waals surface area contributed by atoms with E-state index in [1.165, 1.54) is 5.56 Å². The van der Waals surface area contributed by atoms with Crippen molar-refractivity contribution in [3.8, 4) is 0 Å². The minimum atomic E-state index is -0.833. The number of aromatic nitrogens is 1. The molecule has 0 aliphatic carbocycles. The van der Waals surface area contributed by atoms with Gasteiger partial charge in [-0.2, -0.15) is 0 Å². The number of aryl methyl sites for hydroxylation is 1. The van der Waals surface area contributed by atoms with Crippen LogP contribution in [0.15, 0.2) is 18.3 Å². The van der Waals surface area contributed by atoms with Crippen molar-refractivity contribution in [3.63, 3.8) is 0 Å². The maximum absolute atomic E-state index is 9.00. The Bertz CT molecular complexity index is 270. The molecule has 13 heavy (non-hydrogen) atoms. The molecular formula is C9H14N2O2. The van der Waals surface area contributed by atoms with Crippen molar-refractivity contribution in [2.45, 2.75) is 20.4 Å². The van der Waals surface area contributed by atoms with Crippen molar-refractivity contribution >= 4 is 5.97 Å². The lowest BCUT2D eigenvalue weighted by Crippen LogP contribution is -2.00. The summed E-state index contributed by atoms with van der Waals surface area (Å²) in [5, 5.41) is 7.42. The van der Waals surface area contributed by atoms with E-state index in [1.54, 1.807) is 6.20 Å². The van der Waals surface area contributed by atoms with Gasteiger partial charge in [0, 0.05) is 19.7 Å². The minimum absolute atomic E-state index is 0.534. The number of carboxylic acid groups (broad SMARTS) is 1. The molecule has 0 saturated carbocycles. The fourth-order valence-electron chi connectivity index (χ4n) is 0.732. The molecule has 4 nitrogen and oxygen atoms in total. The SMILES string of the molecule is CC(=O)O.Cc1cccnc1CN. The molecule has 3 N–H and O–H groups in total. The van der Waals surface area contributed by atoms with Crippen molar-refractivity contribution in [2.24, 2.45) is 5.73 Å². The zero-order valence-electron chi connectivity index (χ0n) is 7.82. The van der Waals surface area contributed by atoms with E-state index in [-0.39, 0.29) is 0 Å². The molecule has 0 amide bonds. The molecule has 0 aromatic carbocycles. The number of hydrogen-bond donors (Lipinski definition) is 2. The van der Waals surface area contributed by atoms with Crippen LogP contribution in [0.2, 0.25) is 0 Å². The first-order valence-electron chi connectivity index (χ1n) is 3.88. The van der Waals surface area contributed by atoms with Gasteiger partial charge >= 0.3 is 0 Å². The van der Waals surface area contributed by atoms with Crippen LogP contribution in [0.3, 0.4) is 0 Å². The maximum Gasteiger partial charge on any atom is 0.300 e. The lowest BCUT2D eigenvalue weighted by atomic mass is 10.2. The second-order valence-corrected chi connectivity index (χ2v) is 2.49. The van der Waals surface area contributed by atoms with Gasteiger partial charge < -0.3 is 10.8 Å². The number of pyridine rings is 1. The second-order valence-electron chi connectivity index (χ2n) is 2.49. The number of nitrogens with zero attached hydrogens (tertiary/aromatic N) is 1. The van der Waals surface area contributed by atoms with Crippen molar-refractivity contribution in [1.29, 1.82) is 0 Å². The average Bonchev–Trinajstić information content (AvgIpc) is 2.04. The standard InChI is InChI=1S/C7H10N2.C2H4O2/c1-6-3-2-4-9-7(6)5-8;1-2(3)4/h2-4H,5,8H2,1H3;1H3,(H,3,4). The van der Waals surface area contributed by atoms with Crippen LogP contribution in [0, 0.1) is 6.92 Å². The molecular weight excluding hydrogens is 168 g/mol. The maximum atomic E-state index is 9.00. The predicted molar refractivity (Wildman–Crippen MR) is 50.2 cm³/mol. The highest BCUT2D eigenvalue weighted by atomic mass is 16.4. The summed E-state index contributed by atoms with van der Waals surface area (Å²) in [6.07, 6.45) is 1.76. The quantitative estimate of drug-likeness (QED) is 0.677. The second kappa shape index (κ2) is 6.14. The molecule has 0 unspecified atom stereocenters. The number of rotatable bonds is 1. The Balaban J connectivity index is 0.000000310. The van der Waals surface area contributed by atoms with Gasteiger partial charge in [0.2, 0.25) is 0 Å². The summed E-state index contributed by atoms with van der Waals surface area (Å²) in [5.74, 6) is -0.833. The largest absolute Gasteiger partial charge is 0.481 e. The molecule has 72 valence electrons. The Morgan fingerprint density at radius 2 is 2.23 bits per heavy atom. The molecule has 1 aromatic heterocycles. The van der Waals surface area contributed by atoms with E-state index in [1.807, 2.05) is 19.1 Å². The number of carboxylic acids is 1. The molecule has 1 rings (SSSR count). The fourth-order valence-corrected chi connectivity index (χ4v) is 0.732. The van der Waals surface area contributed by atoms with Crippen LogP contribution in [0.4, 0.5) is 0 Å². The van der Waals surface area contributed by atoms with E-state index < -0.39 is 5.97 Å². The zero-order valence-corrected chi connectivity index (χ0v) is 7.82. The van der Waals surface area contributed by atoms with E-state index in [4.69, 9.17) is 15.6 Å². The topological polar surface area (TPSA) is 76.2 Å². The lowest BCUT2D eigenvalue weighted by Gasteiger charge is -1.97. The van der Waals surface area contributed by atoms with Crippen LogP contribution in [0.1, 0.15) is 18.2 Å². The average molecular weight is 182 g/mol. The molecule has 0 aliphatic heterocycles. The zero-order chi connectivity index (χ0) is 10.3. The highest BCUT2D eigenvalue weighted by Crippen LogP contribution is 1.99. The van der Waals surface area contributed by atoms with E-state index in [0.717, 1.165) is 12.6 Å². The summed E-state index contributed by atoms with van der Waals surface area (Å²) in [4.78, 5) is 13.1. The third-order valence-corrected chi connectivity index (χ3v) is 1.31. The number of hydrogen-bond acceptors (Lipinski definition) is 3. The van der Waals surface area contributed by atoms with Gasteiger partial charge in [0.1, 0.15) is 0 Å². The smallest absolute Gasteiger partial charge is 0.300 e. The minimum Gasteiger partial charge on any atom is -0.481 e. The third-order valence-electron chi connectivity index (χ3n) is 1.31. The highest BCUT2D eigenvalue weighted by Gasteiger charge is 1.91.